The number of primary amides is 1. The number of rotatable bonds is 4. The number of aliphatic hydroxyl groups is 1. The predicted octanol–water partition coefficient (Wildman–Crippen LogP) is 0.524. The van der Waals surface area contributed by atoms with Gasteiger partial charge in [0.2, 0.25) is 0 Å². The Morgan fingerprint density at radius 3 is 2.67 bits per heavy atom. The number of nitrogens with one attached hydrogen (secondary N) is 1. The molecule has 2 heterocycles. The van der Waals surface area contributed by atoms with Gasteiger partial charge in [-0.25, -0.2) is 4.98 Å². The molecular formula is C13H16N6O2. The monoisotopic (exact) mass is 288 g/mol. The molecule has 0 bridgehead atoms. The number of pyridine rings is 1. The summed E-state index contributed by atoms with van der Waals surface area (Å²) < 4.78 is 0. The zero-order valence-electron chi connectivity index (χ0n) is 11.7. The van der Waals surface area contributed by atoms with Crippen molar-refractivity contribution in [1.82, 2.24) is 15.2 Å². The minimum absolute atomic E-state index is 0.0420. The minimum atomic E-state index is -1.08. The predicted molar refractivity (Wildman–Crippen MR) is 77.7 cm³/mol. The van der Waals surface area contributed by atoms with Gasteiger partial charge in [-0.15, -0.1) is 10.2 Å². The van der Waals surface area contributed by atoms with Gasteiger partial charge < -0.3 is 21.9 Å². The summed E-state index contributed by atoms with van der Waals surface area (Å²) in [5.41, 5.74) is 10.4. The first-order valence-corrected chi connectivity index (χ1v) is 6.17. The average Bonchev–Trinajstić information content (AvgIpc) is 2.37. The molecule has 2 rings (SSSR count). The largest absolute Gasteiger partial charge is 0.384 e. The molecule has 0 atom stereocenters. The van der Waals surface area contributed by atoms with Gasteiger partial charge in [0.25, 0.3) is 5.91 Å². The summed E-state index contributed by atoms with van der Waals surface area (Å²) >= 11 is 0. The standard InChI is InChI=1S/C13H16N6O2/c1-13(2,21)8-4-3-5-10(17-8)16-7-6-9(14)18-19-11(7)12(15)20/h3-6,21H,1-2H3,(H2,15,20)(H3,14,16,17,18). The number of carbonyl (C=O) groups excluding carboxylic acids is 1. The van der Waals surface area contributed by atoms with Crippen LogP contribution in [0.15, 0.2) is 24.3 Å². The zero-order chi connectivity index (χ0) is 15.6. The molecule has 8 nitrogen and oxygen atoms in total. The van der Waals surface area contributed by atoms with E-state index in [4.69, 9.17) is 11.5 Å². The highest BCUT2D eigenvalue weighted by Gasteiger charge is 2.18. The van der Waals surface area contributed by atoms with Crippen LogP contribution in [0.2, 0.25) is 0 Å². The number of nitrogens with two attached hydrogens (primary N) is 2. The van der Waals surface area contributed by atoms with Crippen molar-refractivity contribution >= 4 is 23.2 Å². The smallest absolute Gasteiger partial charge is 0.271 e. The van der Waals surface area contributed by atoms with Crippen LogP contribution < -0.4 is 16.8 Å². The molecule has 0 spiro atoms. The van der Waals surface area contributed by atoms with Crippen LogP contribution in [0.25, 0.3) is 0 Å². The summed E-state index contributed by atoms with van der Waals surface area (Å²) in [5.74, 6) is -0.172. The van der Waals surface area contributed by atoms with Gasteiger partial charge in [0.1, 0.15) is 17.2 Å². The fraction of sp³-hybridized carbons (Fsp3) is 0.231. The second-order valence-electron chi connectivity index (χ2n) is 4.99. The molecule has 2 aromatic heterocycles. The maximum atomic E-state index is 11.3. The molecule has 8 heteroatoms. The normalized spacial score (nSPS) is 11.2. The molecule has 6 N–H and O–H groups in total. The van der Waals surface area contributed by atoms with Crippen LogP contribution in [0.5, 0.6) is 0 Å². The summed E-state index contributed by atoms with van der Waals surface area (Å²) in [6.45, 7) is 3.25. The lowest BCUT2D eigenvalue weighted by Crippen LogP contribution is -2.19. The summed E-state index contributed by atoms with van der Waals surface area (Å²) in [7, 11) is 0. The van der Waals surface area contributed by atoms with Crippen molar-refractivity contribution in [3.05, 3.63) is 35.7 Å². The topological polar surface area (TPSA) is 140 Å². The van der Waals surface area contributed by atoms with Gasteiger partial charge in [-0.05, 0) is 26.0 Å². The molecule has 0 radical (unpaired) electrons. The van der Waals surface area contributed by atoms with Crippen LogP contribution in [-0.2, 0) is 5.60 Å². The van der Waals surface area contributed by atoms with Gasteiger partial charge in [-0.1, -0.05) is 6.07 Å². The van der Waals surface area contributed by atoms with Gasteiger partial charge in [0.05, 0.1) is 11.4 Å². The molecule has 0 saturated heterocycles. The first-order chi connectivity index (χ1) is 9.77. The Balaban J connectivity index is 2.39. The highest BCUT2D eigenvalue weighted by atomic mass is 16.3. The van der Waals surface area contributed by atoms with E-state index >= 15 is 0 Å². The Labute approximate surface area is 121 Å². The van der Waals surface area contributed by atoms with Gasteiger partial charge in [0.15, 0.2) is 5.69 Å². The Morgan fingerprint density at radius 1 is 1.33 bits per heavy atom. The number of hydrogen-bond acceptors (Lipinski definition) is 7. The van der Waals surface area contributed by atoms with E-state index < -0.39 is 11.5 Å². The highest BCUT2D eigenvalue weighted by molar-refractivity contribution is 5.97. The van der Waals surface area contributed by atoms with Crippen LogP contribution in [0.3, 0.4) is 0 Å². The molecule has 2 aromatic rings. The Bertz CT molecular complexity index is 681. The fourth-order valence-electron chi connectivity index (χ4n) is 1.67. The first-order valence-electron chi connectivity index (χ1n) is 6.17. The Morgan fingerprint density at radius 2 is 2.05 bits per heavy atom. The molecule has 21 heavy (non-hydrogen) atoms. The van der Waals surface area contributed by atoms with Crippen molar-refractivity contribution in [3.63, 3.8) is 0 Å². The Hall–Kier alpha value is -2.74. The van der Waals surface area contributed by atoms with Gasteiger partial charge in [-0.3, -0.25) is 4.79 Å². The second-order valence-corrected chi connectivity index (χ2v) is 4.99. The molecule has 0 unspecified atom stereocenters. The van der Waals surface area contributed by atoms with E-state index in [0.717, 1.165) is 0 Å². The van der Waals surface area contributed by atoms with E-state index in [0.29, 0.717) is 17.2 Å². The van der Waals surface area contributed by atoms with Crippen LogP contribution in [0.1, 0.15) is 30.0 Å². The van der Waals surface area contributed by atoms with Crippen molar-refractivity contribution in [1.29, 1.82) is 0 Å². The van der Waals surface area contributed by atoms with Crippen molar-refractivity contribution in [2.24, 2.45) is 5.73 Å². The van der Waals surface area contributed by atoms with Crippen LogP contribution in [-0.4, -0.2) is 26.2 Å². The van der Waals surface area contributed by atoms with Gasteiger partial charge in [-0.2, -0.15) is 0 Å². The fourth-order valence-corrected chi connectivity index (χ4v) is 1.67. The first kappa shape index (κ1) is 14.7. The van der Waals surface area contributed by atoms with Crippen LogP contribution in [0.4, 0.5) is 17.3 Å². The number of amides is 1. The van der Waals surface area contributed by atoms with E-state index in [1.165, 1.54) is 6.07 Å². The number of carbonyl (C=O) groups is 1. The highest BCUT2D eigenvalue weighted by Crippen LogP contribution is 2.22. The van der Waals surface area contributed by atoms with Crippen LogP contribution >= 0.6 is 0 Å². The molecule has 0 aliphatic carbocycles. The maximum absolute atomic E-state index is 11.3. The zero-order valence-corrected chi connectivity index (χ0v) is 11.7. The number of nitrogens with zero attached hydrogens (tertiary/aromatic N) is 3. The third-order valence-corrected chi connectivity index (χ3v) is 2.68. The lowest BCUT2D eigenvalue weighted by atomic mass is 10.1. The lowest BCUT2D eigenvalue weighted by Gasteiger charge is -2.17. The SMILES string of the molecule is CC(C)(O)c1cccc(Nc2cc(N)nnc2C(N)=O)n1. The van der Waals surface area contributed by atoms with E-state index in [9.17, 15) is 9.90 Å². The molecule has 0 aliphatic heterocycles. The van der Waals surface area contributed by atoms with Crippen molar-refractivity contribution in [2.75, 3.05) is 11.1 Å². The van der Waals surface area contributed by atoms with E-state index in [2.05, 4.69) is 20.5 Å². The van der Waals surface area contributed by atoms with Crippen molar-refractivity contribution in [3.8, 4) is 0 Å². The van der Waals surface area contributed by atoms with E-state index in [1.807, 2.05) is 0 Å². The Kier molecular flexibility index (Phi) is 3.72. The van der Waals surface area contributed by atoms with E-state index in [1.54, 1.807) is 32.0 Å². The summed E-state index contributed by atoms with van der Waals surface area (Å²) in [5, 5.41) is 20.1. The lowest BCUT2D eigenvalue weighted by molar-refractivity contribution is 0.0740. The molecule has 0 aromatic carbocycles. The van der Waals surface area contributed by atoms with Crippen LogP contribution in [0, 0.1) is 0 Å². The number of anilines is 3. The third kappa shape index (κ3) is 3.42. The third-order valence-electron chi connectivity index (χ3n) is 2.68. The van der Waals surface area contributed by atoms with Crippen molar-refractivity contribution in [2.45, 2.75) is 19.4 Å². The molecule has 110 valence electrons. The van der Waals surface area contributed by atoms with Gasteiger partial charge >= 0.3 is 0 Å². The number of aromatic nitrogens is 3. The van der Waals surface area contributed by atoms with Gasteiger partial charge in [0, 0.05) is 6.07 Å². The molecular weight excluding hydrogens is 272 g/mol. The molecule has 1 amide bonds. The molecule has 0 fully saturated rings. The summed E-state index contributed by atoms with van der Waals surface area (Å²) in [6, 6.07) is 6.53. The number of nitrogen functional groups attached to an aromatic ring is 1. The minimum Gasteiger partial charge on any atom is -0.384 e. The summed E-state index contributed by atoms with van der Waals surface area (Å²) in [4.78, 5) is 15.6. The van der Waals surface area contributed by atoms with Crippen molar-refractivity contribution < 1.29 is 9.90 Å². The summed E-state index contributed by atoms with van der Waals surface area (Å²) in [6.07, 6.45) is 0. The number of hydrogen-bond donors (Lipinski definition) is 4. The average molecular weight is 288 g/mol. The van der Waals surface area contributed by atoms with E-state index in [-0.39, 0.29) is 11.5 Å². The molecule has 0 aliphatic rings. The quantitative estimate of drug-likeness (QED) is 0.643. The maximum Gasteiger partial charge on any atom is 0.271 e. The molecule has 0 saturated carbocycles. The second kappa shape index (κ2) is 5.33.